The summed E-state index contributed by atoms with van der Waals surface area (Å²) in [7, 11) is 0. The van der Waals surface area contributed by atoms with Crippen molar-refractivity contribution in [2.75, 3.05) is 6.54 Å². The summed E-state index contributed by atoms with van der Waals surface area (Å²) in [4.78, 5) is 36.4. The lowest BCUT2D eigenvalue weighted by Crippen LogP contribution is -2.37. The van der Waals surface area contributed by atoms with Gasteiger partial charge in [0.05, 0.1) is 6.10 Å². The minimum Gasteiger partial charge on any atom is -0.462 e. The van der Waals surface area contributed by atoms with Gasteiger partial charge in [-0.15, -0.1) is 0 Å². The molecule has 1 atom stereocenters. The Morgan fingerprint density at radius 2 is 1.95 bits per heavy atom. The predicted molar refractivity (Wildman–Crippen MR) is 70.7 cm³/mol. The second kappa shape index (κ2) is 5.73. The molecule has 0 bridgehead atoms. The first kappa shape index (κ1) is 14.0. The first-order valence-corrected chi connectivity index (χ1v) is 6.35. The lowest BCUT2D eigenvalue weighted by atomic mass is 10.1. The van der Waals surface area contributed by atoms with E-state index in [4.69, 9.17) is 4.74 Å². The van der Waals surface area contributed by atoms with Crippen LogP contribution in [0.4, 0.5) is 4.79 Å². The monoisotopic (exact) mass is 276 g/mol. The Balaban J connectivity index is 2.08. The van der Waals surface area contributed by atoms with E-state index in [0.717, 1.165) is 4.90 Å². The maximum atomic E-state index is 12.2. The average molecular weight is 276 g/mol. The number of benzene rings is 1. The summed E-state index contributed by atoms with van der Waals surface area (Å²) >= 11 is 0. The number of hydrogen-bond acceptors (Lipinski definition) is 4. The SMILES string of the molecule is CC(C)OC(=O)CN1C(=O)NC(c2ccccc2)C1=O. The molecule has 2 rings (SSSR count). The van der Waals surface area contributed by atoms with Crippen LogP contribution in [-0.4, -0.2) is 35.5 Å². The molecule has 1 N–H and O–H groups in total. The van der Waals surface area contributed by atoms with E-state index in [0.29, 0.717) is 5.56 Å². The van der Waals surface area contributed by atoms with Gasteiger partial charge in [0.25, 0.3) is 5.91 Å². The molecule has 1 saturated heterocycles. The number of ether oxygens (including phenoxy) is 1. The maximum absolute atomic E-state index is 12.2. The number of urea groups is 1. The molecule has 0 spiro atoms. The maximum Gasteiger partial charge on any atom is 0.326 e. The Bertz CT molecular complexity index is 527. The normalized spacial score (nSPS) is 18.4. The van der Waals surface area contributed by atoms with Gasteiger partial charge in [-0.3, -0.25) is 14.5 Å². The van der Waals surface area contributed by atoms with Gasteiger partial charge in [-0.1, -0.05) is 30.3 Å². The van der Waals surface area contributed by atoms with Crippen molar-refractivity contribution in [1.29, 1.82) is 0 Å². The van der Waals surface area contributed by atoms with Gasteiger partial charge >= 0.3 is 12.0 Å². The fourth-order valence-electron chi connectivity index (χ4n) is 1.97. The van der Waals surface area contributed by atoms with Gasteiger partial charge in [-0.25, -0.2) is 4.79 Å². The van der Waals surface area contributed by atoms with E-state index in [9.17, 15) is 14.4 Å². The van der Waals surface area contributed by atoms with Gasteiger partial charge in [0.15, 0.2) is 0 Å². The molecule has 1 unspecified atom stereocenters. The molecule has 1 heterocycles. The number of rotatable bonds is 4. The van der Waals surface area contributed by atoms with Crippen LogP contribution in [0.1, 0.15) is 25.5 Å². The number of hydrogen-bond donors (Lipinski definition) is 1. The van der Waals surface area contributed by atoms with Crippen LogP contribution in [0.25, 0.3) is 0 Å². The lowest BCUT2D eigenvalue weighted by Gasteiger charge is -2.14. The zero-order valence-electron chi connectivity index (χ0n) is 11.3. The van der Waals surface area contributed by atoms with Gasteiger partial charge in [0, 0.05) is 0 Å². The van der Waals surface area contributed by atoms with Gasteiger partial charge in [0.1, 0.15) is 12.6 Å². The van der Waals surface area contributed by atoms with Crippen LogP contribution in [0.5, 0.6) is 0 Å². The minimum atomic E-state index is -0.740. The quantitative estimate of drug-likeness (QED) is 0.663. The molecule has 0 saturated carbocycles. The lowest BCUT2D eigenvalue weighted by molar-refractivity contribution is -0.150. The van der Waals surface area contributed by atoms with Crippen LogP contribution in [0.15, 0.2) is 30.3 Å². The second-order valence-electron chi connectivity index (χ2n) is 4.76. The highest BCUT2D eigenvalue weighted by atomic mass is 16.5. The molecule has 0 radical (unpaired) electrons. The second-order valence-corrected chi connectivity index (χ2v) is 4.76. The highest BCUT2D eigenvalue weighted by molar-refractivity contribution is 6.06. The van der Waals surface area contributed by atoms with Crippen molar-refractivity contribution < 1.29 is 19.1 Å². The molecule has 1 aromatic rings. The Morgan fingerprint density at radius 1 is 1.30 bits per heavy atom. The molecule has 6 nitrogen and oxygen atoms in total. The number of carbonyl (C=O) groups excluding carboxylic acids is 3. The van der Waals surface area contributed by atoms with Crippen LogP contribution in [0.2, 0.25) is 0 Å². The molecular weight excluding hydrogens is 260 g/mol. The summed E-state index contributed by atoms with van der Waals surface area (Å²) in [5.41, 5.74) is 0.686. The summed E-state index contributed by atoms with van der Waals surface area (Å²) in [6, 6.07) is 7.56. The summed E-state index contributed by atoms with van der Waals surface area (Å²) < 4.78 is 4.94. The Morgan fingerprint density at radius 3 is 2.55 bits per heavy atom. The number of carbonyl (C=O) groups is 3. The molecule has 0 aliphatic carbocycles. The first-order valence-electron chi connectivity index (χ1n) is 6.35. The predicted octanol–water partition coefficient (Wildman–Crippen LogP) is 1.23. The Labute approximate surface area is 116 Å². The average Bonchev–Trinajstić information content (AvgIpc) is 2.67. The molecule has 3 amide bonds. The van der Waals surface area contributed by atoms with Crippen molar-refractivity contribution >= 4 is 17.9 Å². The molecule has 1 aliphatic heterocycles. The largest absolute Gasteiger partial charge is 0.462 e. The summed E-state index contributed by atoms with van der Waals surface area (Å²) in [5.74, 6) is -1.04. The Kier molecular flexibility index (Phi) is 4.02. The van der Waals surface area contributed by atoms with Crippen molar-refractivity contribution in [3.63, 3.8) is 0 Å². The van der Waals surface area contributed by atoms with Gasteiger partial charge in [-0.2, -0.15) is 0 Å². The molecule has 1 fully saturated rings. The summed E-state index contributed by atoms with van der Waals surface area (Å²) in [5, 5.41) is 2.56. The van der Waals surface area contributed by atoms with E-state index >= 15 is 0 Å². The van der Waals surface area contributed by atoms with Crippen molar-refractivity contribution in [3.05, 3.63) is 35.9 Å². The summed E-state index contributed by atoms with van der Waals surface area (Å²) in [6.07, 6.45) is -0.284. The molecule has 6 heteroatoms. The van der Waals surface area contributed by atoms with Crippen molar-refractivity contribution in [2.45, 2.75) is 26.0 Å². The number of nitrogens with zero attached hydrogens (tertiary/aromatic N) is 1. The van der Waals surface area contributed by atoms with Gasteiger partial charge in [0.2, 0.25) is 0 Å². The molecule has 0 aromatic heterocycles. The van der Waals surface area contributed by atoms with E-state index in [1.165, 1.54) is 0 Å². The van der Waals surface area contributed by atoms with Crippen LogP contribution in [0, 0.1) is 0 Å². The van der Waals surface area contributed by atoms with Crippen molar-refractivity contribution in [3.8, 4) is 0 Å². The smallest absolute Gasteiger partial charge is 0.326 e. The number of nitrogens with one attached hydrogen (secondary N) is 1. The topological polar surface area (TPSA) is 75.7 Å². The van der Waals surface area contributed by atoms with E-state index < -0.39 is 23.9 Å². The zero-order chi connectivity index (χ0) is 14.7. The Hall–Kier alpha value is -2.37. The third kappa shape index (κ3) is 2.96. The van der Waals surface area contributed by atoms with E-state index in [1.54, 1.807) is 38.1 Å². The fourth-order valence-corrected chi connectivity index (χ4v) is 1.97. The standard InChI is InChI=1S/C14H16N2O4/c1-9(2)20-11(17)8-16-13(18)12(15-14(16)19)10-6-4-3-5-7-10/h3-7,9,12H,8H2,1-2H3,(H,15,19). The first-order chi connectivity index (χ1) is 9.49. The van der Waals surface area contributed by atoms with Crippen molar-refractivity contribution in [2.24, 2.45) is 0 Å². The number of esters is 1. The highest BCUT2D eigenvalue weighted by Crippen LogP contribution is 2.21. The third-order valence-electron chi connectivity index (χ3n) is 2.81. The van der Waals surface area contributed by atoms with Crippen LogP contribution in [0.3, 0.4) is 0 Å². The highest BCUT2D eigenvalue weighted by Gasteiger charge is 2.40. The van der Waals surface area contributed by atoms with Crippen LogP contribution < -0.4 is 5.32 Å². The molecule has 1 aromatic carbocycles. The fraction of sp³-hybridized carbons (Fsp3) is 0.357. The minimum absolute atomic E-state index is 0.284. The molecule has 106 valence electrons. The third-order valence-corrected chi connectivity index (χ3v) is 2.81. The molecule has 20 heavy (non-hydrogen) atoms. The van der Waals surface area contributed by atoms with E-state index in [1.807, 2.05) is 6.07 Å². The number of amides is 3. The van der Waals surface area contributed by atoms with E-state index in [-0.39, 0.29) is 12.6 Å². The molecular formula is C14H16N2O4. The van der Waals surface area contributed by atoms with E-state index in [2.05, 4.69) is 5.32 Å². The summed E-state index contributed by atoms with van der Waals surface area (Å²) in [6.45, 7) is 3.04. The zero-order valence-corrected chi connectivity index (χ0v) is 11.3. The van der Waals surface area contributed by atoms with Crippen molar-refractivity contribution in [1.82, 2.24) is 10.2 Å². The number of imide groups is 1. The van der Waals surface area contributed by atoms with Crippen LogP contribution in [-0.2, 0) is 14.3 Å². The van der Waals surface area contributed by atoms with Gasteiger partial charge in [-0.05, 0) is 19.4 Å². The van der Waals surface area contributed by atoms with Gasteiger partial charge < -0.3 is 10.1 Å². The van der Waals surface area contributed by atoms with Crippen LogP contribution >= 0.6 is 0 Å². The molecule has 1 aliphatic rings.